The van der Waals surface area contributed by atoms with Crippen LogP contribution in [0.3, 0.4) is 0 Å². The number of aliphatic carboxylic acids is 1. The standard InChI is InChI=1S/C11H11F2NO4/c12-7-3-8(13)5-9(4-7)18-2-1-14-10(15)6-11(16)17/h3-5H,1-2,6H2,(H,14,15)(H,16,17). The minimum Gasteiger partial charge on any atom is -0.492 e. The first-order valence-corrected chi connectivity index (χ1v) is 5.05. The van der Waals surface area contributed by atoms with E-state index in [0.717, 1.165) is 12.1 Å². The van der Waals surface area contributed by atoms with Crippen molar-refractivity contribution in [2.75, 3.05) is 13.2 Å². The molecule has 1 amide bonds. The SMILES string of the molecule is O=C(O)CC(=O)NCCOc1cc(F)cc(F)c1. The van der Waals surface area contributed by atoms with Crippen molar-refractivity contribution in [1.82, 2.24) is 5.32 Å². The molecule has 1 rings (SSSR count). The number of amides is 1. The fraction of sp³-hybridized carbons (Fsp3) is 0.273. The first-order valence-electron chi connectivity index (χ1n) is 5.05. The largest absolute Gasteiger partial charge is 0.492 e. The minimum absolute atomic E-state index is 0.0000152. The fourth-order valence-electron chi connectivity index (χ4n) is 1.17. The smallest absolute Gasteiger partial charge is 0.312 e. The molecule has 98 valence electrons. The Balaban J connectivity index is 2.29. The van der Waals surface area contributed by atoms with Crippen LogP contribution in [0, 0.1) is 11.6 Å². The van der Waals surface area contributed by atoms with Gasteiger partial charge in [-0.15, -0.1) is 0 Å². The first-order chi connectivity index (χ1) is 8.47. The molecule has 0 saturated heterocycles. The number of hydrogen-bond donors (Lipinski definition) is 2. The van der Waals surface area contributed by atoms with Gasteiger partial charge < -0.3 is 15.2 Å². The minimum atomic E-state index is -1.24. The van der Waals surface area contributed by atoms with Crippen LogP contribution in [0.5, 0.6) is 5.75 Å². The zero-order chi connectivity index (χ0) is 13.5. The summed E-state index contributed by atoms with van der Waals surface area (Å²) >= 11 is 0. The second-order valence-corrected chi connectivity index (χ2v) is 3.37. The molecule has 0 unspecified atom stereocenters. The number of benzene rings is 1. The molecule has 18 heavy (non-hydrogen) atoms. The normalized spacial score (nSPS) is 9.89. The van der Waals surface area contributed by atoms with Gasteiger partial charge in [0.25, 0.3) is 0 Å². The lowest BCUT2D eigenvalue weighted by molar-refractivity contribution is -0.140. The lowest BCUT2D eigenvalue weighted by Crippen LogP contribution is -2.29. The summed E-state index contributed by atoms with van der Waals surface area (Å²) in [4.78, 5) is 21.1. The highest BCUT2D eigenvalue weighted by Gasteiger charge is 2.06. The molecule has 2 N–H and O–H groups in total. The molecule has 0 aliphatic rings. The van der Waals surface area contributed by atoms with Crippen LogP contribution in [0.4, 0.5) is 8.78 Å². The predicted octanol–water partition coefficient (Wildman–Crippen LogP) is 0.934. The third kappa shape index (κ3) is 5.24. The number of nitrogens with one attached hydrogen (secondary N) is 1. The molecule has 0 radical (unpaired) electrons. The average molecular weight is 259 g/mol. The third-order valence-electron chi connectivity index (χ3n) is 1.84. The molecule has 0 spiro atoms. The molecule has 0 saturated carbocycles. The molecule has 0 aliphatic heterocycles. The molecule has 0 heterocycles. The van der Waals surface area contributed by atoms with Gasteiger partial charge in [0.2, 0.25) is 5.91 Å². The Bertz CT molecular complexity index is 430. The topological polar surface area (TPSA) is 75.6 Å². The Hall–Kier alpha value is -2.18. The highest BCUT2D eigenvalue weighted by atomic mass is 19.1. The van der Waals surface area contributed by atoms with E-state index in [1.54, 1.807) is 0 Å². The number of hydrogen-bond acceptors (Lipinski definition) is 3. The van der Waals surface area contributed by atoms with E-state index in [4.69, 9.17) is 9.84 Å². The Labute approximate surface area is 101 Å². The van der Waals surface area contributed by atoms with Crippen LogP contribution < -0.4 is 10.1 Å². The van der Waals surface area contributed by atoms with E-state index < -0.39 is 29.9 Å². The number of carboxylic acids is 1. The fourth-order valence-corrected chi connectivity index (χ4v) is 1.17. The summed E-state index contributed by atoms with van der Waals surface area (Å²) < 4.78 is 30.5. The molecule has 1 aromatic carbocycles. The number of halogens is 2. The molecule has 0 atom stereocenters. The van der Waals surface area contributed by atoms with Gasteiger partial charge in [-0.05, 0) is 0 Å². The first kappa shape index (κ1) is 13.9. The van der Waals surface area contributed by atoms with Gasteiger partial charge in [0.15, 0.2) is 0 Å². The second-order valence-electron chi connectivity index (χ2n) is 3.37. The Morgan fingerprint density at radius 2 is 1.83 bits per heavy atom. The molecule has 0 bridgehead atoms. The van der Waals surface area contributed by atoms with Gasteiger partial charge >= 0.3 is 5.97 Å². The van der Waals surface area contributed by atoms with Crippen molar-refractivity contribution in [2.24, 2.45) is 0 Å². The van der Waals surface area contributed by atoms with Crippen molar-refractivity contribution in [1.29, 1.82) is 0 Å². The van der Waals surface area contributed by atoms with E-state index in [9.17, 15) is 18.4 Å². The number of carbonyl (C=O) groups is 2. The zero-order valence-corrected chi connectivity index (χ0v) is 9.28. The number of rotatable bonds is 6. The van der Waals surface area contributed by atoms with Crippen molar-refractivity contribution in [3.8, 4) is 5.75 Å². The summed E-state index contributed by atoms with van der Waals surface area (Å²) in [6.07, 6.45) is -0.630. The van der Waals surface area contributed by atoms with Crippen molar-refractivity contribution in [2.45, 2.75) is 6.42 Å². The van der Waals surface area contributed by atoms with Crippen LogP contribution >= 0.6 is 0 Å². The van der Waals surface area contributed by atoms with Crippen molar-refractivity contribution in [3.63, 3.8) is 0 Å². The monoisotopic (exact) mass is 259 g/mol. The van der Waals surface area contributed by atoms with E-state index >= 15 is 0 Å². The molecule has 5 nitrogen and oxygen atoms in total. The van der Waals surface area contributed by atoms with Gasteiger partial charge in [0.1, 0.15) is 30.4 Å². The van der Waals surface area contributed by atoms with Crippen LogP contribution in [0.25, 0.3) is 0 Å². The van der Waals surface area contributed by atoms with Crippen molar-refractivity contribution in [3.05, 3.63) is 29.8 Å². The van der Waals surface area contributed by atoms with Crippen LogP contribution in [-0.4, -0.2) is 30.1 Å². The number of ether oxygens (including phenoxy) is 1. The van der Waals surface area contributed by atoms with Crippen molar-refractivity contribution < 1.29 is 28.2 Å². The third-order valence-corrected chi connectivity index (χ3v) is 1.84. The van der Waals surface area contributed by atoms with Crippen molar-refractivity contribution >= 4 is 11.9 Å². The number of carbonyl (C=O) groups excluding carboxylic acids is 1. The lowest BCUT2D eigenvalue weighted by atomic mass is 10.3. The Morgan fingerprint density at radius 1 is 1.22 bits per heavy atom. The molecule has 0 aromatic heterocycles. The maximum absolute atomic E-state index is 12.8. The van der Waals surface area contributed by atoms with E-state index in [1.807, 2.05) is 0 Å². The maximum atomic E-state index is 12.8. The van der Waals surface area contributed by atoms with Crippen LogP contribution in [0.15, 0.2) is 18.2 Å². The summed E-state index contributed by atoms with van der Waals surface area (Å²) in [5, 5.41) is 10.6. The van der Waals surface area contributed by atoms with Gasteiger partial charge in [-0.1, -0.05) is 0 Å². The molecule has 0 aliphatic carbocycles. The predicted molar refractivity (Wildman–Crippen MR) is 57.1 cm³/mol. The van der Waals surface area contributed by atoms with Gasteiger partial charge in [-0.25, -0.2) is 8.78 Å². The van der Waals surface area contributed by atoms with Gasteiger partial charge in [0, 0.05) is 18.2 Å². The Kier molecular flexibility index (Phi) is 5.04. The van der Waals surface area contributed by atoms with Crippen LogP contribution in [0.1, 0.15) is 6.42 Å². The quantitative estimate of drug-likeness (QED) is 0.588. The van der Waals surface area contributed by atoms with Gasteiger partial charge in [-0.3, -0.25) is 9.59 Å². The van der Waals surface area contributed by atoms with E-state index in [-0.39, 0.29) is 18.9 Å². The summed E-state index contributed by atoms with van der Waals surface area (Å²) in [7, 11) is 0. The summed E-state index contributed by atoms with van der Waals surface area (Å²) in [6.45, 7) is 0.0263. The lowest BCUT2D eigenvalue weighted by Gasteiger charge is -2.07. The summed E-state index contributed by atoms with van der Waals surface area (Å²) in [5.41, 5.74) is 0. The molecule has 7 heteroatoms. The molecule has 0 fully saturated rings. The molecular weight excluding hydrogens is 248 g/mol. The molecular formula is C11H11F2NO4. The summed E-state index contributed by atoms with van der Waals surface area (Å²) in [6, 6.07) is 2.71. The van der Waals surface area contributed by atoms with E-state index in [0.29, 0.717) is 6.07 Å². The zero-order valence-electron chi connectivity index (χ0n) is 9.28. The van der Waals surface area contributed by atoms with E-state index in [2.05, 4.69) is 5.32 Å². The van der Waals surface area contributed by atoms with E-state index in [1.165, 1.54) is 0 Å². The highest BCUT2D eigenvalue weighted by Crippen LogP contribution is 2.14. The van der Waals surface area contributed by atoms with Gasteiger partial charge in [0.05, 0.1) is 6.54 Å². The van der Waals surface area contributed by atoms with Crippen LogP contribution in [0.2, 0.25) is 0 Å². The second kappa shape index (κ2) is 6.53. The molecule has 1 aromatic rings. The highest BCUT2D eigenvalue weighted by molar-refractivity contribution is 5.93. The Morgan fingerprint density at radius 3 is 2.39 bits per heavy atom. The van der Waals surface area contributed by atoms with Gasteiger partial charge in [-0.2, -0.15) is 0 Å². The maximum Gasteiger partial charge on any atom is 0.312 e. The van der Waals surface area contributed by atoms with Crippen LogP contribution in [-0.2, 0) is 9.59 Å². The number of carboxylic acid groups (broad SMARTS) is 1. The summed E-state index contributed by atoms with van der Waals surface area (Å²) in [5.74, 6) is -3.42. The average Bonchev–Trinajstić information content (AvgIpc) is 2.22.